The van der Waals surface area contributed by atoms with Crippen molar-refractivity contribution in [1.29, 1.82) is 0 Å². The zero-order chi connectivity index (χ0) is 18.1. The number of amides is 2. The Hall–Kier alpha value is -1.95. The molecule has 1 N–H and O–H groups in total. The highest BCUT2D eigenvalue weighted by molar-refractivity contribution is 5.74. The Balaban J connectivity index is 1.64. The summed E-state index contributed by atoms with van der Waals surface area (Å²) in [6.45, 7) is 9.57. The molecule has 2 amide bonds. The van der Waals surface area contributed by atoms with Gasteiger partial charge in [0.05, 0.1) is 7.11 Å². The second kappa shape index (κ2) is 10.1. The van der Waals surface area contributed by atoms with Crippen molar-refractivity contribution in [3.63, 3.8) is 0 Å². The summed E-state index contributed by atoms with van der Waals surface area (Å²) in [7, 11) is 1.67. The normalized spacial score (nSPS) is 14.7. The molecule has 140 valence electrons. The van der Waals surface area contributed by atoms with Crippen LogP contribution in [0.15, 0.2) is 24.3 Å². The van der Waals surface area contributed by atoms with Crippen LogP contribution in [0.25, 0.3) is 0 Å². The van der Waals surface area contributed by atoms with Gasteiger partial charge in [0.2, 0.25) is 0 Å². The fraction of sp³-hybridized carbons (Fsp3) is 0.632. The van der Waals surface area contributed by atoms with Crippen LogP contribution >= 0.6 is 0 Å². The molecule has 1 heterocycles. The Labute approximate surface area is 151 Å². The summed E-state index contributed by atoms with van der Waals surface area (Å²) >= 11 is 0. The van der Waals surface area contributed by atoms with Crippen molar-refractivity contribution >= 4 is 11.7 Å². The molecular formula is C19H31N3O3. The predicted molar refractivity (Wildman–Crippen MR) is 100 cm³/mol. The first-order chi connectivity index (χ1) is 12.1. The molecule has 0 aliphatic carbocycles. The lowest BCUT2D eigenvalue weighted by Crippen LogP contribution is -2.52. The van der Waals surface area contributed by atoms with Crippen LogP contribution in [-0.2, 0) is 4.74 Å². The molecule has 1 aliphatic rings. The number of carbonyl (C=O) groups excluding carboxylic acids is 1. The molecule has 6 nitrogen and oxygen atoms in total. The Bertz CT molecular complexity index is 511. The summed E-state index contributed by atoms with van der Waals surface area (Å²) in [6.07, 6.45) is 0.851. The van der Waals surface area contributed by atoms with Gasteiger partial charge in [-0.15, -0.1) is 0 Å². The van der Waals surface area contributed by atoms with Gasteiger partial charge in [-0.25, -0.2) is 4.79 Å². The molecule has 1 aliphatic heterocycles. The molecular weight excluding hydrogens is 318 g/mol. The number of rotatable bonds is 8. The summed E-state index contributed by atoms with van der Waals surface area (Å²) in [5.41, 5.74) is 1.17. The van der Waals surface area contributed by atoms with E-state index in [4.69, 9.17) is 9.47 Å². The van der Waals surface area contributed by atoms with Crippen LogP contribution in [0, 0.1) is 5.92 Å². The van der Waals surface area contributed by atoms with Crippen LogP contribution in [0.2, 0.25) is 0 Å². The average molecular weight is 349 g/mol. The molecule has 0 saturated carbocycles. The SMILES string of the molecule is COc1ccc(N2CCN(C(=O)NCCCOCC(C)C)CC2)cc1. The minimum Gasteiger partial charge on any atom is -0.497 e. The molecule has 0 aromatic heterocycles. The smallest absolute Gasteiger partial charge is 0.317 e. The van der Waals surface area contributed by atoms with Gasteiger partial charge in [-0.1, -0.05) is 13.8 Å². The molecule has 0 radical (unpaired) electrons. The predicted octanol–water partition coefficient (Wildman–Crippen LogP) is 2.59. The first-order valence-corrected chi connectivity index (χ1v) is 9.09. The Morgan fingerprint density at radius 3 is 2.44 bits per heavy atom. The maximum atomic E-state index is 12.2. The van der Waals surface area contributed by atoms with Gasteiger partial charge in [-0.05, 0) is 36.6 Å². The molecule has 0 spiro atoms. The second-order valence-electron chi connectivity index (χ2n) is 6.73. The maximum Gasteiger partial charge on any atom is 0.317 e. The first-order valence-electron chi connectivity index (χ1n) is 9.09. The number of anilines is 1. The van der Waals surface area contributed by atoms with E-state index in [1.165, 1.54) is 5.69 Å². The highest BCUT2D eigenvalue weighted by atomic mass is 16.5. The van der Waals surface area contributed by atoms with Gasteiger partial charge in [0.25, 0.3) is 0 Å². The molecule has 0 unspecified atom stereocenters. The van der Waals surface area contributed by atoms with Crippen LogP contribution in [0.5, 0.6) is 5.75 Å². The summed E-state index contributed by atoms with van der Waals surface area (Å²) < 4.78 is 10.7. The van der Waals surface area contributed by atoms with Crippen molar-refractivity contribution in [2.75, 3.05) is 57.9 Å². The van der Waals surface area contributed by atoms with Gasteiger partial charge in [0.1, 0.15) is 5.75 Å². The van der Waals surface area contributed by atoms with E-state index in [2.05, 4.69) is 36.2 Å². The van der Waals surface area contributed by atoms with Gasteiger partial charge < -0.3 is 24.6 Å². The largest absolute Gasteiger partial charge is 0.497 e. The van der Waals surface area contributed by atoms with Gasteiger partial charge in [0, 0.05) is 51.6 Å². The Kier molecular flexibility index (Phi) is 7.85. The van der Waals surface area contributed by atoms with Crippen LogP contribution in [0.3, 0.4) is 0 Å². The zero-order valence-electron chi connectivity index (χ0n) is 15.7. The lowest BCUT2D eigenvalue weighted by molar-refractivity contribution is 0.107. The number of nitrogens with one attached hydrogen (secondary N) is 1. The highest BCUT2D eigenvalue weighted by Gasteiger charge is 2.20. The molecule has 6 heteroatoms. The van der Waals surface area contributed by atoms with E-state index < -0.39 is 0 Å². The molecule has 25 heavy (non-hydrogen) atoms. The zero-order valence-corrected chi connectivity index (χ0v) is 15.7. The molecule has 1 aromatic rings. The van der Waals surface area contributed by atoms with Crippen LogP contribution in [-0.4, -0.2) is 64.0 Å². The Morgan fingerprint density at radius 1 is 1.16 bits per heavy atom. The molecule has 2 rings (SSSR count). The van der Waals surface area contributed by atoms with Gasteiger partial charge in [-0.3, -0.25) is 0 Å². The van der Waals surface area contributed by atoms with Gasteiger partial charge in [0.15, 0.2) is 0 Å². The summed E-state index contributed by atoms with van der Waals surface area (Å²) in [5.74, 6) is 1.41. The van der Waals surface area contributed by atoms with Crippen LogP contribution in [0.1, 0.15) is 20.3 Å². The number of piperazine rings is 1. The second-order valence-corrected chi connectivity index (χ2v) is 6.73. The first kappa shape index (κ1) is 19.4. The maximum absolute atomic E-state index is 12.2. The number of methoxy groups -OCH3 is 1. The summed E-state index contributed by atoms with van der Waals surface area (Å²) in [6, 6.07) is 8.08. The van der Waals surface area contributed by atoms with Crippen molar-refractivity contribution in [2.24, 2.45) is 5.92 Å². The van der Waals surface area contributed by atoms with Crippen molar-refractivity contribution in [3.05, 3.63) is 24.3 Å². The van der Waals surface area contributed by atoms with Crippen molar-refractivity contribution in [1.82, 2.24) is 10.2 Å². The minimum absolute atomic E-state index is 0.0261. The quantitative estimate of drug-likeness (QED) is 0.733. The number of urea groups is 1. The monoisotopic (exact) mass is 349 g/mol. The van der Waals surface area contributed by atoms with Gasteiger partial charge in [-0.2, -0.15) is 0 Å². The molecule has 0 bridgehead atoms. The topological polar surface area (TPSA) is 54.0 Å². The van der Waals surface area contributed by atoms with Crippen LogP contribution < -0.4 is 15.0 Å². The van der Waals surface area contributed by atoms with Gasteiger partial charge >= 0.3 is 6.03 Å². The fourth-order valence-corrected chi connectivity index (χ4v) is 2.76. The van der Waals surface area contributed by atoms with Crippen molar-refractivity contribution in [3.8, 4) is 5.75 Å². The number of hydrogen-bond acceptors (Lipinski definition) is 4. The molecule has 1 fully saturated rings. The lowest BCUT2D eigenvalue weighted by Gasteiger charge is -2.36. The summed E-state index contributed by atoms with van der Waals surface area (Å²) in [5, 5.41) is 2.98. The summed E-state index contributed by atoms with van der Waals surface area (Å²) in [4.78, 5) is 16.4. The van der Waals surface area contributed by atoms with E-state index in [0.29, 0.717) is 19.1 Å². The fourth-order valence-electron chi connectivity index (χ4n) is 2.76. The number of benzene rings is 1. The van der Waals surface area contributed by atoms with E-state index in [-0.39, 0.29) is 6.03 Å². The van der Waals surface area contributed by atoms with E-state index in [1.54, 1.807) is 7.11 Å². The average Bonchev–Trinajstić information content (AvgIpc) is 2.64. The van der Waals surface area contributed by atoms with E-state index >= 15 is 0 Å². The van der Waals surface area contributed by atoms with E-state index in [0.717, 1.165) is 45.0 Å². The third-order valence-electron chi connectivity index (χ3n) is 4.20. The third kappa shape index (κ3) is 6.46. The minimum atomic E-state index is 0.0261. The van der Waals surface area contributed by atoms with Crippen molar-refractivity contribution in [2.45, 2.75) is 20.3 Å². The molecule has 1 saturated heterocycles. The Morgan fingerprint density at radius 2 is 1.84 bits per heavy atom. The number of hydrogen-bond donors (Lipinski definition) is 1. The third-order valence-corrected chi connectivity index (χ3v) is 4.20. The molecule has 0 atom stereocenters. The number of nitrogens with zero attached hydrogens (tertiary/aromatic N) is 2. The van der Waals surface area contributed by atoms with E-state index in [9.17, 15) is 4.79 Å². The van der Waals surface area contributed by atoms with Crippen LogP contribution in [0.4, 0.5) is 10.5 Å². The molecule has 1 aromatic carbocycles. The standard InChI is InChI=1S/C19H31N3O3/c1-16(2)15-25-14-4-9-20-19(23)22-12-10-21(11-13-22)17-5-7-18(24-3)8-6-17/h5-8,16H,4,9-15H2,1-3H3,(H,20,23). The van der Waals surface area contributed by atoms with Crippen molar-refractivity contribution < 1.29 is 14.3 Å². The van der Waals surface area contributed by atoms with E-state index in [1.807, 2.05) is 17.0 Å². The number of carbonyl (C=O) groups is 1. The number of ether oxygens (including phenoxy) is 2. The lowest BCUT2D eigenvalue weighted by atomic mass is 10.2. The highest BCUT2D eigenvalue weighted by Crippen LogP contribution is 2.20.